The van der Waals surface area contributed by atoms with Crippen LogP contribution >= 0.6 is 0 Å². The number of carboxylic acid groups (broad SMARTS) is 1. The van der Waals surface area contributed by atoms with Gasteiger partial charge in [-0.25, -0.2) is 0 Å². The molecule has 14 heavy (non-hydrogen) atoms. The van der Waals surface area contributed by atoms with Gasteiger partial charge < -0.3 is 9.84 Å². The molecule has 0 aromatic rings. The molecule has 1 rings (SSSR count). The van der Waals surface area contributed by atoms with Gasteiger partial charge in [-0.2, -0.15) is 0 Å². The second kappa shape index (κ2) is 2.96. The average molecular weight is 200 g/mol. The van der Waals surface area contributed by atoms with Crippen LogP contribution in [0.3, 0.4) is 0 Å². The maximum atomic E-state index is 11.3. The predicted molar refractivity (Wildman–Crippen MR) is 54.1 cm³/mol. The molecule has 0 radical (unpaired) electrons. The number of hydrogen-bond acceptors (Lipinski definition) is 2. The highest BCUT2D eigenvalue weighted by Gasteiger charge is 2.61. The summed E-state index contributed by atoms with van der Waals surface area (Å²) in [6.45, 7) is 10.9. The number of ether oxygens (including phenoxy) is 1. The molecule has 0 unspecified atom stereocenters. The van der Waals surface area contributed by atoms with Crippen molar-refractivity contribution in [3.8, 4) is 0 Å². The maximum absolute atomic E-state index is 11.3. The first-order chi connectivity index (χ1) is 6.15. The fraction of sp³-hybridized carbons (Fsp3) is 0.909. The summed E-state index contributed by atoms with van der Waals surface area (Å²) in [5.74, 6) is -0.740. The molecular weight excluding hydrogens is 180 g/mol. The lowest BCUT2D eigenvalue weighted by molar-refractivity contribution is -0.234. The lowest BCUT2D eigenvalue weighted by Crippen LogP contribution is -2.62. The fourth-order valence-corrected chi connectivity index (χ4v) is 2.24. The smallest absolute Gasteiger partial charge is 0.309 e. The lowest BCUT2D eigenvalue weighted by Gasteiger charge is -2.57. The molecule has 0 saturated carbocycles. The molecule has 1 aliphatic heterocycles. The van der Waals surface area contributed by atoms with Gasteiger partial charge in [-0.05, 0) is 19.3 Å². The van der Waals surface area contributed by atoms with E-state index in [0.717, 1.165) is 0 Å². The Balaban J connectivity index is 3.08. The Morgan fingerprint density at radius 2 is 1.64 bits per heavy atom. The van der Waals surface area contributed by atoms with Gasteiger partial charge in [0, 0.05) is 5.41 Å². The van der Waals surface area contributed by atoms with Gasteiger partial charge in [-0.15, -0.1) is 0 Å². The molecule has 1 heterocycles. The van der Waals surface area contributed by atoms with Crippen LogP contribution in [-0.2, 0) is 9.53 Å². The summed E-state index contributed by atoms with van der Waals surface area (Å²) in [5, 5.41) is 9.25. The van der Waals surface area contributed by atoms with Crippen molar-refractivity contribution in [2.75, 3.05) is 13.2 Å². The minimum atomic E-state index is -0.740. The third-order valence-corrected chi connectivity index (χ3v) is 3.86. The maximum Gasteiger partial charge on any atom is 0.309 e. The van der Waals surface area contributed by atoms with Crippen LogP contribution < -0.4 is 0 Å². The third kappa shape index (κ3) is 1.26. The second-order valence-corrected chi connectivity index (χ2v) is 5.76. The molecule has 0 aromatic heterocycles. The lowest BCUT2D eigenvalue weighted by atomic mass is 9.52. The normalized spacial score (nSPS) is 21.5. The first-order valence-corrected chi connectivity index (χ1v) is 4.96. The summed E-state index contributed by atoms with van der Waals surface area (Å²) >= 11 is 0. The Kier molecular flexibility index (Phi) is 2.43. The molecule has 1 aliphatic rings. The van der Waals surface area contributed by atoms with Crippen LogP contribution in [-0.4, -0.2) is 24.3 Å². The van der Waals surface area contributed by atoms with Gasteiger partial charge in [0.1, 0.15) is 0 Å². The van der Waals surface area contributed by atoms with E-state index >= 15 is 0 Å². The summed E-state index contributed by atoms with van der Waals surface area (Å²) in [6, 6.07) is 0. The van der Waals surface area contributed by atoms with E-state index in [1.54, 1.807) is 13.8 Å². The highest BCUT2D eigenvalue weighted by Crippen LogP contribution is 2.56. The molecule has 0 aromatic carbocycles. The largest absolute Gasteiger partial charge is 0.481 e. The van der Waals surface area contributed by atoms with Crippen molar-refractivity contribution in [1.82, 2.24) is 0 Å². The fourth-order valence-electron chi connectivity index (χ4n) is 2.24. The van der Waals surface area contributed by atoms with Gasteiger partial charge in [0.05, 0.1) is 18.6 Å². The predicted octanol–water partition coefficient (Wildman–Crippen LogP) is 2.16. The Morgan fingerprint density at radius 3 is 1.71 bits per heavy atom. The summed E-state index contributed by atoms with van der Waals surface area (Å²) in [7, 11) is 0. The van der Waals surface area contributed by atoms with Crippen molar-refractivity contribution in [2.24, 2.45) is 16.2 Å². The van der Waals surface area contributed by atoms with Crippen LogP contribution in [0.25, 0.3) is 0 Å². The van der Waals surface area contributed by atoms with Crippen molar-refractivity contribution < 1.29 is 14.6 Å². The van der Waals surface area contributed by atoms with E-state index in [1.807, 2.05) is 0 Å². The number of aliphatic carboxylic acids is 1. The van der Waals surface area contributed by atoms with Crippen LogP contribution in [0.2, 0.25) is 0 Å². The van der Waals surface area contributed by atoms with Gasteiger partial charge >= 0.3 is 5.97 Å². The van der Waals surface area contributed by atoms with Crippen LogP contribution in [0.5, 0.6) is 0 Å². The molecule has 0 bridgehead atoms. The van der Waals surface area contributed by atoms with Crippen LogP contribution in [0, 0.1) is 16.2 Å². The molecule has 1 N–H and O–H groups in total. The molecule has 0 amide bonds. The van der Waals surface area contributed by atoms with Gasteiger partial charge in [-0.3, -0.25) is 4.79 Å². The van der Waals surface area contributed by atoms with E-state index in [9.17, 15) is 9.90 Å². The highest BCUT2D eigenvalue weighted by molar-refractivity contribution is 5.75. The molecule has 0 aliphatic carbocycles. The molecule has 0 spiro atoms. The first kappa shape index (κ1) is 11.5. The van der Waals surface area contributed by atoms with Crippen LogP contribution in [0.1, 0.15) is 34.6 Å². The zero-order chi connectivity index (χ0) is 11.2. The summed E-state index contributed by atoms with van der Waals surface area (Å²) in [6.07, 6.45) is 0. The van der Waals surface area contributed by atoms with Gasteiger partial charge in [0.15, 0.2) is 0 Å². The SMILES string of the molecule is CC(C)(C)C1(C(C)(C)C(=O)O)COC1. The van der Waals surface area contributed by atoms with Crippen molar-refractivity contribution in [3.63, 3.8) is 0 Å². The summed E-state index contributed by atoms with van der Waals surface area (Å²) in [5.41, 5.74) is -1.03. The zero-order valence-electron chi connectivity index (χ0n) is 9.68. The quantitative estimate of drug-likeness (QED) is 0.743. The van der Waals surface area contributed by atoms with E-state index in [1.165, 1.54) is 0 Å². The summed E-state index contributed by atoms with van der Waals surface area (Å²) in [4.78, 5) is 11.3. The van der Waals surface area contributed by atoms with E-state index in [2.05, 4.69) is 20.8 Å². The van der Waals surface area contributed by atoms with E-state index in [4.69, 9.17) is 4.74 Å². The molecule has 1 fully saturated rings. The van der Waals surface area contributed by atoms with Crippen LogP contribution in [0.15, 0.2) is 0 Å². The zero-order valence-corrected chi connectivity index (χ0v) is 9.68. The molecule has 0 atom stereocenters. The Labute approximate surface area is 85.5 Å². The minimum absolute atomic E-state index is 0.0485. The molecule has 3 nitrogen and oxygen atoms in total. The van der Waals surface area contributed by atoms with Crippen molar-refractivity contribution in [3.05, 3.63) is 0 Å². The number of hydrogen-bond donors (Lipinski definition) is 1. The van der Waals surface area contributed by atoms with Gasteiger partial charge in [-0.1, -0.05) is 20.8 Å². The number of carboxylic acids is 1. The monoisotopic (exact) mass is 200 g/mol. The standard InChI is InChI=1S/C11H20O3/c1-9(2,3)11(6-14-7-11)10(4,5)8(12)13/h6-7H2,1-5H3,(H,12,13). The van der Waals surface area contributed by atoms with Gasteiger partial charge in [0.25, 0.3) is 0 Å². The Bertz CT molecular complexity index is 244. The average Bonchev–Trinajstić information content (AvgIpc) is 1.77. The van der Waals surface area contributed by atoms with E-state index < -0.39 is 11.4 Å². The molecule has 1 saturated heterocycles. The van der Waals surface area contributed by atoms with Crippen molar-refractivity contribution in [1.29, 1.82) is 0 Å². The highest BCUT2D eigenvalue weighted by atomic mass is 16.5. The molecule has 3 heteroatoms. The topological polar surface area (TPSA) is 46.5 Å². The minimum Gasteiger partial charge on any atom is -0.481 e. The summed E-state index contributed by atoms with van der Waals surface area (Å²) < 4.78 is 5.24. The first-order valence-electron chi connectivity index (χ1n) is 4.96. The third-order valence-electron chi connectivity index (χ3n) is 3.86. The van der Waals surface area contributed by atoms with Crippen molar-refractivity contribution >= 4 is 5.97 Å². The molecular formula is C11H20O3. The van der Waals surface area contributed by atoms with E-state index in [-0.39, 0.29) is 10.8 Å². The Morgan fingerprint density at radius 1 is 1.21 bits per heavy atom. The van der Waals surface area contributed by atoms with Gasteiger partial charge in [0.2, 0.25) is 0 Å². The number of carbonyl (C=O) groups is 1. The number of rotatable bonds is 2. The molecule has 82 valence electrons. The van der Waals surface area contributed by atoms with Crippen LogP contribution in [0.4, 0.5) is 0 Å². The Hall–Kier alpha value is -0.570. The van der Waals surface area contributed by atoms with E-state index in [0.29, 0.717) is 13.2 Å². The second-order valence-electron chi connectivity index (χ2n) is 5.76. The van der Waals surface area contributed by atoms with Crippen molar-refractivity contribution in [2.45, 2.75) is 34.6 Å².